The van der Waals surface area contributed by atoms with E-state index in [9.17, 15) is 13.6 Å². The molecule has 0 saturated heterocycles. The predicted octanol–water partition coefficient (Wildman–Crippen LogP) is 2.04. The first-order valence-electron chi connectivity index (χ1n) is 4.57. The molecular weight excluding hydrogens is 364 g/mol. The molecule has 0 aliphatic carbocycles. The molecule has 0 atom stereocenters. The van der Waals surface area contributed by atoms with Crippen molar-refractivity contribution < 1.29 is 13.6 Å². The van der Waals surface area contributed by atoms with E-state index in [1.165, 1.54) is 0 Å². The van der Waals surface area contributed by atoms with Crippen LogP contribution in [0, 0.1) is 3.57 Å². The number of rotatable bonds is 4. The van der Waals surface area contributed by atoms with E-state index in [0.29, 0.717) is 9.13 Å². The molecule has 3 nitrogen and oxygen atoms in total. The van der Waals surface area contributed by atoms with Crippen molar-refractivity contribution >= 4 is 40.9 Å². The van der Waals surface area contributed by atoms with Gasteiger partial charge in [-0.25, -0.2) is 8.78 Å². The molecular formula is C10H12ClF2IN2O. The van der Waals surface area contributed by atoms with Crippen molar-refractivity contribution in [1.82, 2.24) is 5.32 Å². The summed E-state index contributed by atoms with van der Waals surface area (Å²) in [4.78, 5) is 11.5. The minimum atomic E-state index is -3.06. The maximum absolute atomic E-state index is 12.8. The molecule has 0 unspecified atom stereocenters. The Morgan fingerprint density at radius 2 is 2.00 bits per heavy atom. The molecule has 7 heteroatoms. The summed E-state index contributed by atoms with van der Waals surface area (Å²) in [7, 11) is 0. The van der Waals surface area contributed by atoms with Crippen LogP contribution in [0.5, 0.6) is 0 Å². The number of hydrogen-bond acceptors (Lipinski definition) is 2. The highest BCUT2D eigenvalue weighted by atomic mass is 127. The van der Waals surface area contributed by atoms with Crippen molar-refractivity contribution in [3.8, 4) is 0 Å². The van der Waals surface area contributed by atoms with Crippen molar-refractivity contribution in [2.75, 3.05) is 13.1 Å². The lowest BCUT2D eigenvalue weighted by Gasteiger charge is -2.14. The van der Waals surface area contributed by atoms with Gasteiger partial charge in [0, 0.05) is 3.57 Å². The van der Waals surface area contributed by atoms with Crippen molar-refractivity contribution in [3.05, 3.63) is 33.4 Å². The van der Waals surface area contributed by atoms with Gasteiger partial charge in [-0.1, -0.05) is 12.1 Å². The van der Waals surface area contributed by atoms with Crippen molar-refractivity contribution in [3.63, 3.8) is 0 Å². The second kappa shape index (κ2) is 7.07. The van der Waals surface area contributed by atoms with E-state index in [1.807, 2.05) is 22.6 Å². The summed E-state index contributed by atoms with van der Waals surface area (Å²) in [6.45, 7) is -1.52. The van der Waals surface area contributed by atoms with Crippen LogP contribution in [0.2, 0.25) is 0 Å². The fourth-order valence-electron chi connectivity index (χ4n) is 1.02. The van der Waals surface area contributed by atoms with E-state index in [2.05, 4.69) is 5.32 Å². The molecule has 1 aromatic carbocycles. The lowest BCUT2D eigenvalue weighted by atomic mass is 10.2. The van der Waals surface area contributed by atoms with Gasteiger partial charge in [0.15, 0.2) is 0 Å². The monoisotopic (exact) mass is 376 g/mol. The van der Waals surface area contributed by atoms with E-state index in [4.69, 9.17) is 5.73 Å². The molecule has 0 aromatic heterocycles. The van der Waals surface area contributed by atoms with Crippen molar-refractivity contribution in [2.45, 2.75) is 5.92 Å². The second-order valence-electron chi connectivity index (χ2n) is 3.22. The predicted molar refractivity (Wildman–Crippen MR) is 72.7 cm³/mol. The van der Waals surface area contributed by atoms with Crippen LogP contribution in [0.15, 0.2) is 24.3 Å². The molecule has 0 spiro atoms. The van der Waals surface area contributed by atoms with Gasteiger partial charge in [0.1, 0.15) is 0 Å². The van der Waals surface area contributed by atoms with E-state index in [1.54, 1.807) is 24.3 Å². The van der Waals surface area contributed by atoms with Gasteiger partial charge >= 0.3 is 0 Å². The van der Waals surface area contributed by atoms with E-state index < -0.39 is 24.9 Å². The molecule has 1 aromatic rings. The largest absolute Gasteiger partial charge is 0.346 e. The van der Waals surface area contributed by atoms with Crippen LogP contribution in [0.4, 0.5) is 8.78 Å². The Labute approximate surface area is 118 Å². The van der Waals surface area contributed by atoms with Gasteiger partial charge in [-0.3, -0.25) is 4.79 Å². The number of halogens is 4. The Bertz CT molecular complexity index is 390. The highest BCUT2D eigenvalue weighted by Crippen LogP contribution is 2.13. The molecule has 1 rings (SSSR count). The number of nitrogens with two attached hydrogens (primary N) is 1. The van der Waals surface area contributed by atoms with Crippen LogP contribution in [0.1, 0.15) is 10.4 Å². The summed E-state index contributed by atoms with van der Waals surface area (Å²) >= 11 is 1.97. The van der Waals surface area contributed by atoms with Gasteiger partial charge in [0.2, 0.25) is 0 Å². The summed E-state index contributed by atoms with van der Waals surface area (Å²) in [5.41, 5.74) is 5.24. The third kappa shape index (κ3) is 5.13. The molecule has 0 aliphatic rings. The molecule has 96 valence electrons. The van der Waals surface area contributed by atoms with E-state index in [-0.39, 0.29) is 12.4 Å². The Kier molecular flexibility index (Phi) is 6.88. The number of carbonyl (C=O) groups excluding carboxylic acids is 1. The first kappa shape index (κ1) is 16.5. The van der Waals surface area contributed by atoms with Gasteiger partial charge in [0.05, 0.1) is 18.7 Å². The third-order valence-electron chi connectivity index (χ3n) is 1.92. The first-order chi connectivity index (χ1) is 7.46. The Balaban J connectivity index is 0.00000256. The number of carbonyl (C=O) groups is 1. The van der Waals surface area contributed by atoms with Gasteiger partial charge < -0.3 is 11.1 Å². The van der Waals surface area contributed by atoms with Gasteiger partial charge in [0.25, 0.3) is 11.8 Å². The lowest BCUT2D eigenvalue weighted by molar-refractivity contribution is 0.0118. The zero-order valence-corrected chi connectivity index (χ0v) is 11.7. The number of amides is 1. The fraction of sp³-hybridized carbons (Fsp3) is 0.300. The van der Waals surface area contributed by atoms with Crippen LogP contribution in [0.25, 0.3) is 0 Å². The Morgan fingerprint density at radius 1 is 1.41 bits per heavy atom. The van der Waals surface area contributed by atoms with E-state index >= 15 is 0 Å². The molecule has 0 radical (unpaired) electrons. The summed E-state index contributed by atoms with van der Waals surface area (Å²) < 4.78 is 26.3. The summed E-state index contributed by atoms with van der Waals surface area (Å²) in [6, 6.07) is 6.76. The minimum absolute atomic E-state index is 0. The Morgan fingerprint density at radius 3 is 2.53 bits per heavy atom. The second-order valence-corrected chi connectivity index (χ2v) is 4.38. The molecule has 0 aliphatic heterocycles. The zero-order valence-electron chi connectivity index (χ0n) is 8.75. The molecule has 0 bridgehead atoms. The average Bonchev–Trinajstić information content (AvgIpc) is 2.27. The molecule has 0 fully saturated rings. The average molecular weight is 377 g/mol. The van der Waals surface area contributed by atoms with Crippen LogP contribution in [-0.2, 0) is 0 Å². The van der Waals surface area contributed by atoms with Crippen LogP contribution in [0.3, 0.4) is 0 Å². The van der Waals surface area contributed by atoms with Crippen LogP contribution in [-0.4, -0.2) is 24.9 Å². The summed E-state index contributed by atoms with van der Waals surface area (Å²) in [5, 5.41) is 2.16. The van der Waals surface area contributed by atoms with Crippen molar-refractivity contribution in [2.24, 2.45) is 5.73 Å². The highest BCUT2D eigenvalue weighted by molar-refractivity contribution is 14.1. The zero-order chi connectivity index (χ0) is 12.2. The normalized spacial score (nSPS) is 10.6. The lowest BCUT2D eigenvalue weighted by Crippen LogP contribution is -2.41. The molecule has 0 saturated carbocycles. The maximum atomic E-state index is 12.8. The molecule has 1 amide bonds. The van der Waals surface area contributed by atoms with Gasteiger partial charge in [-0.05, 0) is 34.7 Å². The quantitative estimate of drug-likeness (QED) is 0.790. The highest BCUT2D eigenvalue weighted by Gasteiger charge is 2.27. The number of benzene rings is 1. The van der Waals surface area contributed by atoms with Gasteiger partial charge in [-0.2, -0.15) is 0 Å². The topological polar surface area (TPSA) is 55.1 Å². The Hall–Kier alpha value is -0.470. The molecule has 3 N–H and O–H groups in total. The first-order valence-corrected chi connectivity index (χ1v) is 5.65. The van der Waals surface area contributed by atoms with Gasteiger partial charge in [-0.15, -0.1) is 12.4 Å². The fourth-order valence-corrected chi connectivity index (χ4v) is 1.65. The smallest absolute Gasteiger partial charge is 0.277 e. The molecule has 0 heterocycles. The minimum Gasteiger partial charge on any atom is -0.346 e. The number of alkyl halides is 2. The molecule has 17 heavy (non-hydrogen) atoms. The maximum Gasteiger partial charge on any atom is 0.277 e. The van der Waals surface area contributed by atoms with E-state index in [0.717, 1.165) is 0 Å². The number of hydrogen-bond donors (Lipinski definition) is 2. The summed E-state index contributed by atoms with van der Waals surface area (Å²) in [6.07, 6.45) is 0. The summed E-state index contributed by atoms with van der Waals surface area (Å²) in [5.74, 6) is -3.58. The van der Waals surface area contributed by atoms with Crippen LogP contribution >= 0.6 is 35.0 Å². The van der Waals surface area contributed by atoms with Crippen LogP contribution < -0.4 is 11.1 Å². The SMILES string of the molecule is Cl.NCC(F)(F)CNC(=O)c1ccccc1I. The third-order valence-corrected chi connectivity index (χ3v) is 2.87. The number of nitrogens with one attached hydrogen (secondary N) is 1. The van der Waals surface area contributed by atoms with Crippen molar-refractivity contribution in [1.29, 1.82) is 0 Å². The standard InChI is InChI=1S/C10H11F2IN2O.ClH/c11-10(12,5-14)6-15-9(16)7-3-1-2-4-8(7)13;/h1-4H,5-6,14H2,(H,15,16);1H.